The molecule has 0 aromatic heterocycles. The predicted molar refractivity (Wildman–Crippen MR) is 105 cm³/mol. The third-order valence-corrected chi connectivity index (χ3v) is 6.85. The fourth-order valence-electron chi connectivity index (χ4n) is 5.25. The van der Waals surface area contributed by atoms with E-state index in [2.05, 4.69) is 38.1 Å². The first-order chi connectivity index (χ1) is 11.8. The molecule has 1 aromatic rings. The van der Waals surface area contributed by atoms with Gasteiger partial charge < -0.3 is 0 Å². The van der Waals surface area contributed by atoms with Gasteiger partial charge >= 0.3 is 0 Å². The Morgan fingerprint density at radius 1 is 0.708 bits per heavy atom. The van der Waals surface area contributed by atoms with E-state index in [1.165, 1.54) is 69.8 Å². The Labute approximate surface area is 150 Å². The van der Waals surface area contributed by atoms with Crippen molar-refractivity contribution in [3.63, 3.8) is 0 Å². The molecule has 0 heterocycles. The molecular weight excluding hydrogens is 288 g/mol. The molecule has 1 aromatic carbocycles. The highest BCUT2D eigenvalue weighted by Gasteiger charge is 2.29. The Bertz CT molecular complexity index is 457. The van der Waals surface area contributed by atoms with Gasteiger partial charge in [0.25, 0.3) is 0 Å². The fraction of sp³-hybridized carbons (Fsp3) is 0.750. The molecule has 0 heteroatoms. The van der Waals surface area contributed by atoms with Gasteiger partial charge in [-0.05, 0) is 79.7 Å². The van der Waals surface area contributed by atoms with Gasteiger partial charge in [-0.1, -0.05) is 70.2 Å². The first-order valence-electron chi connectivity index (χ1n) is 10.9. The molecule has 0 radical (unpaired) electrons. The highest BCUT2D eigenvalue weighted by atomic mass is 14.3. The molecule has 0 atom stereocenters. The minimum atomic E-state index is 0.842. The van der Waals surface area contributed by atoms with E-state index in [9.17, 15) is 0 Å². The van der Waals surface area contributed by atoms with Crippen LogP contribution in [0.4, 0.5) is 0 Å². The summed E-state index contributed by atoms with van der Waals surface area (Å²) in [5.41, 5.74) is 3.12. The van der Waals surface area contributed by atoms with Gasteiger partial charge in [-0.3, -0.25) is 0 Å². The predicted octanol–water partition coefficient (Wildman–Crippen LogP) is 7.52. The van der Waals surface area contributed by atoms with Crippen LogP contribution in [0.3, 0.4) is 0 Å². The lowest BCUT2D eigenvalue weighted by atomic mass is 9.69. The van der Waals surface area contributed by atoms with Gasteiger partial charge in [0.05, 0.1) is 0 Å². The van der Waals surface area contributed by atoms with Crippen molar-refractivity contribution in [2.24, 2.45) is 17.8 Å². The van der Waals surface area contributed by atoms with Crippen LogP contribution in [-0.4, -0.2) is 0 Å². The summed E-state index contributed by atoms with van der Waals surface area (Å²) in [4.78, 5) is 0. The van der Waals surface area contributed by atoms with Crippen LogP contribution in [0.15, 0.2) is 24.3 Å². The van der Waals surface area contributed by atoms with Crippen LogP contribution < -0.4 is 0 Å². The zero-order valence-electron chi connectivity index (χ0n) is 16.1. The van der Waals surface area contributed by atoms with Gasteiger partial charge in [0.15, 0.2) is 0 Å². The first kappa shape index (κ1) is 18.0. The van der Waals surface area contributed by atoms with E-state index in [1.54, 1.807) is 18.4 Å². The molecule has 0 nitrogen and oxygen atoms in total. The van der Waals surface area contributed by atoms with Crippen LogP contribution in [0.5, 0.6) is 0 Å². The van der Waals surface area contributed by atoms with Gasteiger partial charge in [-0.2, -0.15) is 0 Å². The summed E-state index contributed by atoms with van der Waals surface area (Å²) in [5, 5.41) is 0. The van der Waals surface area contributed by atoms with E-state index in [-0.39, 0.29) is 0 Å². The zero-order valence-corrected chi connectivity index (χ0v) is 16.1. The lowest BCUT2D eigenvalue weighted by molar-refractivity contribution is 0.154. The van der Waals surface area contributed by atoms with Gasteiger partial charge in [0.1, 0.15) is 0 Å². The maximum atomic E-state index is 2.41. The Balaban J connectivity index is 1.35. The van der Waals surface area contributed by atoms with Crippen LogP contribution >= 0.6 is 0 Å². The van der Waals surface area contributed by atoms with Crippen molar-refractivity contribution in [2.75, 3.05) is 0 Å². The Morgan fingerprint density at radius 2 is 1.33 bits per heavy atom. The number of hydrogen-bond acceptors (Lipinski definition) is 0. The number of benzene rings is 1. The van der Waals surface area contributed by atoms with Crippen LogP contribution in [0.1, 0.15) is 102 Å². The smallest absolute Gasteiger partial charge is 0.0162 e. The number of aryl methyl sites for hydroxylation is 1. The highest BCUT2D eigenvalue weighted by molar-refractivity contribution is 5.25. The Hall–Kier alpha value is -0.780. The highest BCUT2D eigenvalue weighted by Crippen LogP contribution is 2.43. The SMILES string of the molecule is CCCc1ccc(C2CCC(CCC3CC(CCC)C3)CC2)cc1. The van der Waals surface area contributed by atoms with Crippen molar-refractivity contribution in [1.82, 2.24) is 0 Å². The normalized spacial score (nSPS) is 30.1. The van der Waals surface area contributed by atoms with Crippen molar-refractivity contribution in [3.05, 3.63) is 35.4 Å². The van der Waals surface area contributed by atoms with E-state index >= 15 is 0 Å². The third kappa shape index (κ3) is 4.87. The Morgan fingerprint density at radius 3 is 1.96 bits per heavy atom. The number of rotatable bonds is 8. The standard InChI is InChI=1S/C24H38/c1-3-5-19-9-13-23(14-10-19)24-15-11-20(12-16-24)7-8-22-17-21(18-22)6-4-2/h9-10,13-14,20-22,24H,3-8,11-12,15-18H2,1-2H3. The first-order valence-corrected chi connectivity index (χ1v) is 10.9. The number of hydrogen-bond donors (Lipinski definition) is 0. The van der Waals surface area contributed by atoms with Crippen LogP contribution in [0, 0.1) is 17.8 Å². The molecule has 0 N–H and O–H groups in total. The summed E-state index contributed by atoms with van der Waals surface area (Å²) >= 11 is 0. The average molecular weight is 327 g/mol. The molecule has 0 aliphatic heterocycles. The molecule has 2 aliphatic rings. The average Bonchev–Trinajstić information content (AvgIpc) is 2.58. The molecule has 2 fully saturated rings. The van der Waals surface area contributed by atoms with Crippen LogP contribution in [0.2, 0.25) is 0 Å². The molecule has 0 saturated heterocycles. The minimum Gasteiger partial charge on any atom is -0.0654 e. The summed E-state index contributed by atoms with van der Waals surface area (Å²) in [5.74, 6) is 4.05. The van der Waals surface area contributed by atoms with Gasteiger partial charge in [-0.25, -0.2) is 0 Å². The lowest BCUT2D eigenvalue weighted by Crippen LogP contribution is -2.24. The maximum absolute atomic E-state index is 2.41. The van der Waals surface area contributed by atoms with Crippen molar-refractivity contribution in [3.8, 4) is 0 Å². The summed E-state index contributed by atoms with van der Waals surface area (Å²) in [6.07, 6.45) is 17.3. The van der Waals surface area contributed by atoms with Gasteiger partial charge in [0, 0.05) is 0 Å². The van der Waals surface area contributed by atoms with E-state index in [0.29, 0.717) is 0 Å². The topological polar surface area (TPSA) is 0 Å². The van der Waals surface area contributed by atoms with Crippen molar-refractivity contribution in [2.45, 2.75) is 96.8 Å². The zero-order chi connectivity index (χ0) is 16.8. The van der Waals surface area contributed by atoms with Crippen LogP contribution in [-0.2, 0) is 6.42 Å². The van der Waals surface area contributed by atoms with E-state index in [4.69, 9.17) is 0 Å². The molecule has 2 saturated carbocycles. The molecule has 0 unspecified atom stereocenters. The molecular formula is C24H38. The second-order valence-electron chi connectivity index (χ2n) is 8.78. The summed E-state index contributed by atoms with van der Waals surface area (Å²) in [6.45, 7) is 4.60. The van der Waals surface area contributed by atoms with E-state index in [0.717, 1.165) is 23.7 Å². The Kier molecular flexibility index (Phi) is 6.81. The van der Waals surface area contributed by atoms with Crippen LogP contribution in [0.25, 0.3) is 0 Å². The van der Waals surface area contributed by atoms with E-state index < -0.39 is 0 Å². The third-order valence-electron chi connectivity index (χ3n) is 6.85. The molecule has 3 rings (SSSR count). The molecule has 24 heavy (non-hydrogen) atoms. The molecule has 0 spiro atoms. The van der Waals surface area contributed by atoms with Crippen molar-refractivity contribution < 1.29 is 0 Å². The van der Waals surface area contributed by atoms with Gasteiger partial charge in [0.2, 0.25) is 0 Å². The van der Waals surface area contributed by atoms with Crippen molar-refractivity contribution in [1.29, 1.82) is 0 Å². The second-order valence-corrected chi connectivity index (χ2v) is 8.78. The summed E-state index contributed by atoms with van der Waals surface area (Å²) in [6, 6.07) is 9.57. The lowest BCUT2D eigenvalue weighted by Gasteiger charge is -2.37. The molecule has 134 valence electrons. The largest absolute Gasteiger partial charge is 0.0654 e. The quantitative estimate of drug-likeness (QED) is 0.463. The van der Waals surface area contributed by atoms with E-state index in [1.807, 2.05) is 0 Å². The monoisotopic (exact) mass is 326 g/mol. The van der Waals surface area contributed by atoms with Crippen molar-refractivity contribution >= 4 is 0 Å². The molecule has 2 aliphatic carbocycles. The molecule has 0 amide bonds. The minimum absolute atomic E-state index is 0.842. The summed E-state index contributed by atoms with van der Waals surface area (Å²) in [7, 11) is 0. The summed E-state index contributed by atoms with van der Waals surface area (Å²) < 4.78 is 0. The maximum Gasteiger partial charge on any atom is -0.0162 e. The second kappa shape index (κ2) is 9.07. The fourth-order valence-corrected chi connectivity index (χ4v) is 5.25. The van der Waals surface area contributed by atoms with Gasteiger partial charge in [-0.15, -0.1) is 0 Å². The molecule has 0 bridgehead atoms.